The zero-order valence-corrected chi connectivity index (χ0v) is 12.8. The second-order valence-corrected chi connectivity index (χ2v) is 5.36. The topological polar surface area (TPSA) is 62.1 Å². The number of carbonyl (C=O) groups is 1. The average Bonchev–Trinajstić information content (AvgIpc) is 2.44. The first-order valence-electron chi connectivity index (χ1n) is 6.78. The number of hydrogen-bond acceptors (Lipinski definition) is 5. The van der Waals surface area contributed by atoms with Crippen molar-refractivity contribution in [2.45, 2.75) is 31.6 Å². The number of benzene rings is 1. The zero-order valence-electron chi connectivity index (χ0n) is 11.9. The van der Waals surface area contributed by atoms with Gasteiger partial charge in [-0.2, -0.15) is 5.26 Å². The lowest BCUT2D eigenvalue weighted by Gasteiger charge is -2.10. The fraction of sp³-hybridized carbons (Fsp3) is 0.467. The molecule has 0 fully saturated rings. The number of thioether (sulfide) groups is 1. The van der Waals surface area contributed by atoms with Crippen LogP contribution in [0, 0.1) is 11.3 Å². The predicted molar refractivity (Wildman–Crippen MR) is 81.9 cm³/mol. The predicted octanol–water partition coefficient (Wildman–Crippen LogP) is 3.43. The Morgan fingerprint density at radius 1 is 1.45 bits per heavy atom. The van der Waals surface area contributed by atoms with Crippen molar-refractivity contribution in [1.82, 2.24) is 0 Å². The van der Waals surface area contributed by atoms with Gasteiger partial charge in [0.25, 0.3) is 0 Å². The van der Waals surface area contributed by atoms with Crippen molar-refractivity contribution >= 4 is 23.4 Å². The summed E-state index contributed by atoms with van der Waals surface area (Å²) >= 11 is 1.65. The van der Waals surface area contributed by atoms with Crippen molar-refractivity contribution in [2.24, 2.45) is 0 Å². The molecule has 0 saturated heterocycles. The van der Waals surface area contributed by atoms with E-state index in [2.05, 4.69) is 18.3 Å². The lowest BCUT2D eigenvalue weighted by Crippen LogP contribution is -2.09. The molecule has 4 nitrogen and oxygen atoms in total. The molecule has 0 heterocycles. The number of carbonyl (C=O) groups excluding carboxylic acids is 1. The van der Waals surface area contributed by atoms with Crippen molar-refractivity contribution < 1.29 is 9.53 Å². The van der Waals surface area contributed by atoms with E-state index in [4.69, 9.17) is 4.74 Å². The second-order valence-electron chi connectivity index (χ2n) is 4.06. The Morgan fingerprint density at radius 3 is 2.90 bits per heavy atom. The lowest BCUT2D eigenvalue weighted by molar-refractivity contribution is -0.143. The third kappa shape index (κ3) is 5.14. The first kappa shape index (κ1) is 16.4. The van der Waals surface area contributed by atoms with Gasteiger partial charge in [0.2, 0.25) is 0 Å². The fourth-order valence-corrected chi connectivity index (χ4v) is 2.54. The monoisotopic (exact) mass is 292 g/mol. The molecule has 0 amide bonds. The molecule has 1 N–H and O–H groups in total. The molecule has 0 radical (unpaired) electrons. The van der Waals surface area contributed by atoms with Crippen LogP contribution in [-0.4, -0.2) is 24.9 Å². The summed E-state index contributed by atoms with van der Waals surface area (Å²) in [6, 6.07) is 8.03. The number of esters is 1. The van der Waals surface area contributed by atoms with Crippen LogP contribution in [-0.2, 0) is 9.53 Å². The lowest BCUT2D eigenvalue weighted by atomic mass is 10.2. The van der Waals surface area contributed by atoms with Gasteiger partial charge >= 0.3 is 5.97 Å². The van der Waals surface area contributed by atoms with Gasteiger partial charge in [-0.05, 0) is 31.2 Å². The van der Waals surface area contributed by atoms with Crippen LogP contribution in [0.15, 0.2) is 23.1 Å². The van der Waals surface area contributed by atoms with Crippen LogP contribution < -0.4 is 5.32 Å². The van der Waals surface area contributed by atoms with Crippen LogP contribution in [0.1, 0.15) is 32.3 Å². The SMILES string of the molecule is CCOC(=O)CCCNc1cccc(SCC)c1C#N. The van der Waals surface area contributed by atoms with Gasteiger partial charge in [-0.3, -0.25) is 4.79 Å². The largest absolute Gasteiger partial charge is 0.466 e. The van der Waals surface area contributed by atoms with E-state index in [-0.39, 0.29) is 5.97 Å². The summed E-state index contributed by atoms with van der Waals surface area (Å²) < 4.78 is 4.87. The normalized spacial score (nSPS) is 9.85. The molecule has 20 heavy (non-hydrogen) atoms. The standard InChI is InChI=1S/C15H20N2O2S/c1-3-19-15(18)9-6-10-17-13-7-5-8-14(20-4-2)12(13)11-16/h5,7-8,17H,3-4,6,9-10H2,1-2H3. The molecule has 0 atom stereocenters. The van der Waals surface area contributed by atoms with Gasteiger partial charge in [0.1, 0.15) is 6.07 Å². The van der Waals surface area contributed by atoms with Crippen molar-refractivity contribution in [3.8, 4) is 6.07 Å². The van der Waals surface area contributed by atoms with Crippen molar-refractivity contribution in [2.75, 3.05) is 24.2 Å². The summed E-state index contributed by atoms with van der Waals surface area (Å²) in [6.07, 6.45) is 1.08. The molecule has 1 aromatic carbocycles. The Bertz CT molecular complexity index is 483. The van der Waals surface area contributed by atoms with Crippen molar-refractivity contribution in [3.63, 3.8) is 0 Å². The van der Waals surface area contributed by atoms with Crippen LogP contribution >= 0.6 is 11.8 Å². The molecule has 1 aromatic rings. The number of nitrogens with one attached hydrogen (secondary N) is 1. The fourth-order valence-electron chi connectivity index (χ4n) is 1.76. The third-order valence-electron chi connectivity index (χ3n) is 2.62. The van der Waals surface area contributed by atoms with Crippen molar-refractivity contribution in [1.29, 1.82) is 5.26 Å². The van der Waals surface area contributed by atoms with Crippen LogP contribution in [0.3, 0.4) is 0 Å². The van der Waals surface area contributed by atoms with Gasteiger partial charge < -0.3 is 10.1 Å². The Labute approximate surface area is 124 Å². The van der Waals surface area contributed by atoms with E-state index >= 15 is 0 Å². The molecule has 5 heteroatoms. The maximum absolute atomic E-state index is 11.2. The minimum absolute atomic E-state index is 0.176. The highest BCUT2D eigenvalue weighted by Gasteiger charge is 2.08. The van der Waals surface area contributed by atoms with Gasteiger partial charge in [0.15, 0.2) is 0 Å². The summed E-state index contributed by atoms with van der Waals surface area (Å²) in [7, 11) is 0. The molecular formula is C15H20N2O2S. The molecule has 108 valence electrons. The maximum Gasteiger partial charge on any atom is 0.305 e. The molecule has 0 aliphatic heterocycles. The molecule has 0 bridgehead atoms. The van der Waals surface area contributed by atoms with Gasteiger partial charge in [-0.15, -0.1) is 11.8 Å². The Balaban J connectivity index is 2.54. The molecule has 0 saturated carbocycles. The van der Waals surface area contributed by atoms with Crippen LogP contribution in [0.2, 0.25) is 0 Å². The summed E-state index contributed by atoms with van der Waals surface area (Å²) in [6.45, 7) is 4.92. The first-order chi connectivity index (χ1) is 9.72. The van der Waals surface area contributed by atoms with E-state index in [1.165, 1.54) is 0 Å². The third-order valence-corrected chi connectivity index (χ3v) is 3.56. The highest BCUT2D eigenvalue weighted by molar-refractivity contribution is 7.99. The Kier molecular flexibility index (Phi) is 7.59. The van der Waals surface area contributed by atoms with Gasteiger partial charge in [0, 0.05) is 17.9 Å². The quantitative estimate of drug-likeness (QED) is 0.452. The minimum Gasteiger partial charge on any atom is -0.466 e. The number of ether oxygens (including phenoxy) is 1. The van der Waals surface area contributed by atoms with Gasteiger partial charge in [0.05, 0.1) is 17.9 Å². The summed E-state index contributed by atoms with van der Waals surface area (Å²) in [5, 5.41) is 12.5. The van der Waals surface area contributed by atoms with Crippen LogP contribution in [0.25, 0.3) is 0 Å². The first-order valence-corrected chi connectivity index (χ1v) is 7.76. The Hall–Kier alpha value is -1.67. The highest BCUT2D eigenvalue weighted by Crippen LogP contribution is 2.27. The smallest absolute Gasteiger partial charge is 0.305 e. The van der Waals surface area contributed by atoms with E-state index in [1.807, 2.05) is 18.2 Å². The minimum atomic E-state index is -0.176. The number of hydrogen-bond donors (Lipinski definition) is 1. The molecule has 0 spiro atoms. The Morgan fingerprint density at radius 2 is 2.25 bits per heavy atom. The average molecular weight is 292 g/mol. The zero-order chi connectivity index (χ0) is 14.8. The number of anilines is 1. The van der Waals surface area contributed by atoms with Gasteiger partial charge in [-0.25, -0.2) is 0 Å². The molecule has 0 aliphatic carbocycles. The molecule has 1 rings (SSSR count). The van der Waals surface area contributed by atoms with E-state index in [0.29, 0.717) is 31.6 Å². The van der Waals surface area contributed by atoms with Crippen molar-refractivity contribution in [3.05, 3.63) is 23.8 Å². The van der Waals surface area contributed by atoms with Gasteiger partial charge in [-0.1, -0.05) is 13.0 Å². The maximum atomic E-state index is 11.2. The molecule has 0 unspecified atom stereocenters. The highest BCUT2D eigenvalue weighted by atomic mass is 32.2. The summed E-state index contributed by atoms with van der Waals surface area (Å²) in [4.78, 5) is 12.2. The van der Waals surface area contributed by atoms with E-state index in [1.54, 1.807) is 18.7 Å². The second kappa shape index (κ2) is 9.27. The number of rotatable bonds is 8. The van der Waals surface area contributed by atoms with E-state index in [9.17, 15) is 10.1 Å². The summed E-state index contributed by atoms with van der Waals surface area (Å²) in [5.74, 6) is 0.756. The molecular weight excluding hydrogens is 272 g/mol. The van der Waals surface area contributed by atoms with E-state index < -0.39 is 0 Å². The molecule has 0 aliphatic rings. The van der Waals surface area contributed by atoms with Crippen LogP contribution in [0.5, 0.6) is 0 Å². The number of nitriles is 1. The molecule has 0 aromatic heterocycles. The van der Waals surface area contributed by atoms with E-state index in [0.717, 1.165) is 16.3 Å². The number of nitrogens with zero attached hydrogens (tertiary/aromatic N) is 1. The summed E-state index contributed by atoms with van der Waals surface area (Å²) in [5.41, 5.74) is 1.50. The van der Waals surface area contributed by atoms with Crippen LogP contribution in [0.4, 0.5) is 5.69 Å².